The van der Waals surface area contributed by atoms with Gasteiger partial charge in [-0.3, -0.25) is 4.79 Å². The summed E-state index contributed by atoms with van der Waals surface area (Å²) in [5, 5.41) is 13.8. The van der Waals surface area contributed by atoms with E-state index in [4.69, 9.17) is 5.73 Å². The molecule has 0 amide bonds. The van der Waals surface area contributed by atoms with Gasteiger partial charge in [0.15, 0.2) is 0 Å². The fourth-order valence-corrected chi connectivity index (χ4v) is 8.04. The highest BCUT2D eigenvalue weighted by molar-refractivity contribution is 5.90. The van der Waals surface area contributed by atoms with E-state index in [9.17, 15) is 10.0 Å². The maximum Gasteiger partial charge on any atom is 0.139 e. The van der Waals surface area contributed by atoms with Crippen LogP contribution in [-0.4, -0.2) is 23.2 Å². The monoisotopic (exact) mass is 388 g/mol. The fourth-order valence-electron chi connectivity index (χ4n) is 8.04. The van der Waals surface area contributed by atoms with E-state index >= 15 is 0 Å². The van der Waals surface area contributed by atoms with E-state index in [-0.39, 0.29) is 10.8 Å². The molecule has 7 atom stereocenters. The molecular weight excluding hydrogens is 348 g/mol. The summed E-state index contributed by atoms with van der Waals surface area (Å²) in [6.45, 7) is 5.52. The van der Waals surface area contributed by atoms with E-state index in [1.807, 2.05) is 0 Å². The first-order chi connectivity index (χ1) is 13.4. The van der Waals surface area contributed by atoms with Crippen LogP contribution in [0.2, 0.25) is 0 Å². The zero-order chi connectivity index (χ0) is 19.9. The summed E-state index contributed by atoms with van der Waals surface area (Å²) >= 11 is 0. The van der Waals surface area contributed by atoms with Crippen LogP contribution in [0.1, 0.15) is 90.9 Å². The number of oxime groups is 1. The molecule has 0 aromatic rings. The van der Waals surface area contributed by atoms with Gasteiger partial charge in [-0.25, -0.2) is 0 Å². The van der Waals surface area contributed by atoms with E-state index in [2.05, 4.69) is 19.0 Å². The van der Waals surface area contributed by atoms with Crippen LogP contribution in [0.3, 0.4) is 0 Å². The average molecular weight is 389 g/mol. The van der Waals surface area contributed by atoms with Crippen molar-refractivity contribution in [2.45, 2.75) is 90.9 Å². The Morgan fingerprint density at radius 3 is 2.68 bits per heavy atom. The Balaban J connectivity index is 1.52. The Bertz CT molecular complexity index is 632. The molecule has 4 saturated carbocycles. The van der Waals surface area contributed by atoms with Crippen LogP contribution >= 0.6 is 0 Å². The summed E-state index contributed by atoms with van der Waals surface area (Å²) in [6.07, 6.45) is 13.8. The molecular formula is C24H40N2O2. The molecule has 28 heavy (non-hydrogen) atoms. The number of carbonyl (C=O) groups is 1. The Labute approximate surface area is 170 Å². The van der Waals surface area contributed by atoms with Gasteiger partial charge in [-0.05, 0) is 87.0 Å². The van der Waals surface area contributed by atoms with Crippen molar-refractivity contribution < 1.29 is 10.0 Å². The number of fused-ring (bicyclic) bond motifs is 5. The standard InChI is InChI=1S/C24H40N2O2/c1-23-11-9-16(6-4-3-5-13-25)14-20(23)21(26-28)15-17-18-7-8-22(27)24(18,2)12-10-19(17)23/h16-20,28H,3-15,25H2,1-2H3/b26-21+/t16-,17-,18-,19-,20?,23+,24-/m0/s1. The molecule has 3 N–H and O–H groups in total. The predicted molar refractivity (Wildman–Crippen MR) is 112 cm³/mol. The third kappa shape index (κ3) is 3.14. The van der Waals surface area contributed by atoms with Crippen molar-refractivity contribution in [3.8, 4) is 0 Å². The highest BCUT2D eigenvalue weighted by Gasteiger charge is 2.61. The Morgan fingerprint density at radius 2 is 1.93 bits per heavy atom. The van der Waals surface area contributed by atoms with Gasteiger partial charge < -0.3 is 10.9 Å². The van der Waals surface area contributed by atoms with Gasteiger partial charge in [0.25, 0.3) is 0 Å². The molecule has 1 unspecified atom stereocenters. The van der Waals surface area contributed by atoms with Crippen LogP contribution in [0.25, 0.3) is 0 Å². The number of nitrogens with two attached hydrogens (primary N) is 1. The molecule has 0 saturated heterocycles. The molecule has 0 aromatic carbocycles. The summed E-state index contributed by atoms with van der Waals surface area (Å²) in [7, 11) is 0. The third-order valence-electron chi connectivity index (χ3n) is 9.74. The minimum absolute atomic E-state index is 0.106. The van der Waals surface area contributed by atoms with Crippen LogP contribution in [0.15, 0.2) is 5.16 Å². The number of carbonyl (C=O) groups excluding carboxylic acids is 1. The second-order valence-electron chi connectivity index (χ2n) is 10.9. The smallest absolute Gasteiger partial charge is 0.139 e. The lowest BCUT2D eigenvalue weighted by Crippen LogP contribution is -2.56. The molecule has 4 fully saturated rings. The summed E-state index contributed by atoms with van der Waals surface area (Å²) < 4.78 is 0. The number of rotatable bonds is 5. The van der Waals surface area contributed by atoms with Gasteiger partial charge in [0, 0.05) is 17.8 Å². The third-order valence-corrected chi connectivity index (χ3v) is 9.74. The molecule has 4 nitrogen and oxygen atoms in total. The molecule has 4 heteroatoms. The lowest BCUT2D eigenvalue weighted by molar-refractivity contribution is -0.134. The average Bonchev–Trinajstić information content (AvgIpc) is 3.00. The SMILES string of the molecule is C[C@]12CC[C@H](CCCCCN)CC1/C(=N/O)C[C@@H]1[C@@H]2CC[C@]2(C)C(=O)CC[C@@H]12. The minimum Gasteiger partial charge on any atom is -0.411 e. The molecule has 4 rings (SSSR count). The van der Waals surface area contributed by atoms with Crippen molar-refractivity contribution in [3.05, 3.63) is 0 Å². The van der Waals surface area contributed by atoms with E-state index in [1.54, 1.807) is 0 Å². The van der Waals surface area contributed by atoms with E-state index in [0.717, 1.165) is 50.3 Å². The molecule has 0 aliphatic heterocycles. The number of nitrogens with zero attached hydrogens (tertiary/aromatic N) is 1. The van der Waals surface area contributed by atoms with E-state index in [1.165, 1.54) is 44.9 Å². The lowest BCUT2D eigenvalue weighted by atomic mass is 9.44. The fraction of sp³-hybridized carbons (Fsp3) is 0.917. The summed E-state index contributed by atoms with van der Waals surface area (Å²) in [5.41, 5.74) is 6.84. The van der Waals surface area contributed by atoms with Gasteiger partial charge in [0.2, 0.25) is 0 Å². The van der Waals surface area contributed by atoms with Crippen molar-refractivity contribution in [1.82, 2.24) is 0 Å². The van der Waals surface area contributed by atoms with Crippen molar-refractivity contribution in [1.29, 1.82) is 0 Å². The van der Waals surface area contributed by atoms with Crippen molar-refractivity contribution in [3.63, 3.8) is 0 Å². The molecule has 0 heterocycles. The van der Waals surface area contributed by atoms with Gasteiger partial charge in [-0.2, -0.15) is 0 Å². The summed E-state index contributed by atoms with van der Waals surface area (Å²) in [4.78, 5) is 12.6. The molecule has 158 valence electrons. The first-order valence-electron chi connectivity index (χ1n) is 11.9. The second kappa shape index (κ2) is 7.74. The van der Waals surface area contributed by atoms with Crippen molar-refractivity contribution in [2.24, 2.45) is 51.3 Å². The van der Waals surface area contributed by atoms with Crippen LogP contribution in [0.4, 0.5) is 0 Å². The normalized spacial score (nSPS) is 46.9. The number of hydrogen-bond donors (Lipinski definition) is 2. The molecule has 0 radical (unpaired) electrons. The predicted octanol–water partition coefficient (Wildman–Crippen LogP) is 5.17. The van der Waals surface area contributed by atoms with Crippen LogP contribution < -0.4 is 5.73 Å². The largest absolute Gasteiger partial charge is 0.411 e. The summed E-state index contributed by atoms with van der Waals surface area (Å²) in [5.74, 6) is 3.44. The summed E-state index contributed by atoms with van der Waals surface area (Å²) in [6, 6.07) is 0. The maximum absolute atomic E-state index is 12.6. The van der Waals surface area contributed by atoms with Gasteiger partial charge >= 0.3 is 0 Å². The van der Waals surface area contributed by atoms with Crippen molar-refractivity contribution in [2.75, 3.05) is 6.54 Å². The van der Waals surface area contributed by atoms with Gasteiger partial charge in [0.05, 0.1) is 5.71 Å². The maximum atomic E-state index is 12.6. The lowest BCUT2D eigenvalue weighted by Gasteiger charge is -2.60. The zero-order valence-electron chi connectivity index (χ0n) is 18.0. The van der Waals surface area contributed by atoms with Crippen LogP contribution in [0.5, 0.6) is 0 Å². The minimum atomic E-state index is -0.106. The van der Waals surface area contributed by atoms with Crippen LogP contribution in [-0.2, 0) is 4.79 Å². The Kier molecular flexibility index (Phi) is 5.63. The quantitative estimate of drug-likeness (QED) is 0.387. The number of unbranched alkanes of at least 4 members (excludes halogenated alkanes) is 2. The highest BCUT2D eigenvalue weighted by Crippen LogP contribution is 2.65. The van der Waals surface area contributed by atoms with E-state index in [0.29, 0.717) is 29.5 Å². The number of ketones is 1. The molecule has 4 aliphatic rings. The van der Waals surface area contributed by atoms with Gasteiger partial charge in [-0.1, -0.05) is 38.3 Å². The Hall–Kier alpha value is -0.900. The number of hydrogen-bond acceptors (Lipinski definition) is 4. The molecule has 4 aliphatic carbocycles. The molecule has 0 bridgehead atoms. The first kappa shape index (κ1) is 20.4. The van der Waals surface area contributed by atoms with Crippen molar-refractivity contribution >= 4 is 11.5 Å². The van der Waals surface area contributed by atoms with Gasteiger partial charge in [-0.15, -0.1) is 0 Å². The van der Waals surface area contributed by atoms with E-state index < -0.39 is 0 Å². The molecule has 0 aromatic heterocycles. The Morgan fingerprint density at radius 1 is 1.11 bits per heavy atom. The topological polar surface area (TPSA) is 75.7 Å². The second-order valence-corrected chi connectivity index (χ2v) is 10.9. The zero-order valence-corrected chi connectivity index (χ0v) is 18.0. The first-order valence-corrected chi connectivity index (χ1v) is 11.9. The van der Waals surface area contributed by atoms with Crippen LogP contribution in [0, 0.1) is 40.4 Å². The van der Waals surface area contributed by atoms with Gasteiger partial charge in [0.1, 0.15) is 5.78 Å². The number of Topliss-reactive ketones (excluding diaryl/α,β-unsaturated/α-hetero) is 1. The molecule has 0 spiro atoms. The highest BCUT2D eigenvalue weighted by atomic mass is 16.4.